The third-order valence-electron chi connectivity index (χ3n) is 4.84. The Morgan fingerprint density at radius 1 is 1.30 bits per heavy atom. The average molecular weight is 322 g/mol. The van der Waals surface area contributed by atoms with Crippen molar-refractivity contribution >= 4 is 5.96 Å². The molecule has 5 nitrogen and oxygen atoms in total. The molecule has 0 aromatic rings. The molecule has 0 spiro atoms. The molecule has 0 unspecified atom stereocenters. The Morgan fingerprint density at radius 2 is 2.09 bits per heavy atom. The number of ether oxygens (including phenoxy) is 1. The number of piperidine rings is 1. The summed E-state index contributed by atoms with van der Waals surface area (Å²) in [5.41, 5.74) is 1.50. The van der Waals surface area contributed by atoms with Gasteiger partial charge in [0.05, 0.1) is 13.2 Å². The Labute approximate surface area is 141 Å². The van der Waals surface area contributed by atoms with Crippen molar-refractivity contribution in [3.05, 3.63) is 11.6 Å². The molecule has 0 radical (unpaired) electrons. The van der Waals surface area contributed by atoms with E-state index in [0.717, 1.165) is 51.0 Å². The van der Waals surface area contributed by atoms with Gasteiger partial charge in [-0.1, -0.05) is 18.6 Å². The van der Waals surface area contributed by atoms with Crippen LogP contribution in [0.25, 0.3) is 0 Å². The van der Waals surface area contributed by atoms with Crippen molar-refractivity contribution in [1.82, 2.24) is 15.5 Å². The van der Waals surface area contributed by atoms with Crippen LogP contribution in [0.5, 0.6) is 0 Å². The monoisotopic (exact) mass is 322 g/mol. The fourth-order valence-electron chi connectivity index (χ4n) is 3.15. The molecule has 2 aliphatic heterocycles. The van der Waals surface area contributed by atoms with Crippen LogP contribution >= 0.6 is 0 Å². The highest BCUT2D eigenvalue weighted by Gasteiger charge is 2.14. The smallest absolute Gasteiger partial charge is 0.190 e. The van der Waals surface area contributed by atoms with E-state index in [4.69, 9.17) is 4.74 Å². The van der Waals surface area contributed by atoms with Gasteiger partial charge in [0, 0.05) is 20.1 Å². The number of likely N-dealkylation sites (tertiary alicyclic amines) is 1. The van der Waals surface area contributed by atoms with Crippen molar-refractivity contribution in [1.29, 1.82) is 0 Å². The molecule has 0 bridgehead atoms. The summed E-state index contributed by atoms with van der Waals surface area (Å²) in [6, 6.07) is 0. The third kappa shape index (κ3) is 7.36. The Hall–Kier alpha value is -1.07. The van der Waals surface area contributed by atoms with E-state index in [0.29, 0.717) is 0 Å². The maximum absolute atomic E-state index is 5.33. The maximum Gasteiger partial charge on any atom is 0.190 e. The molecule has 0 aliphatic carbocycles. The summed E-state index contributed by atoms with van der Waals surface area (Å²) >= 11 is 0. The quantitative estimate of drug-likeness (QED) is 0.326. The van der Waals surface area contributed by atoms with Crippen molar-refractivity contribution < 1.29 is 4.74 Å². The summed E-state index contributed by atoms with van der Waals surface area (Å²) in [7, 11) is 1.84. The minimum absolute atomic E-state index is 0.775. The standard InChI is InChI=1S/C18H34N4O/c1-16-5-12-22(13-6-16)11-3-9-20-18(19-2)21-10-4-17-7-14-23-15-8-17/h7,16H,3-6,8-15H2,1-2H3,(H2,19,20,21). The van der Waals surface area contributed by atoms with Crippen LogP contribution in [-0.2, 0) is 4.74 Å². The molecule has 0 aromatic carbocycles. The molecule has 1 saturated heterocycles. The Bertz CT molecular complexity index is 386. The highest BCUT2D eigenvalue weighted by molar-refractivity contribution is 5.79. The predicted octanol–water partition coefficient (Wildman–Crippen LogP) is 2.01. The van der Waals surface area contributed by atoms with Gasteiger partial charge in [0.25, 0.3) is 0 Å². The van der Waals surface area contributed by atoms with Crippen molar-refractivity contribution in [3.63, 3.8) is 0 Å². The number of nitrogens with zero attached hydrogens (tertiary/aromatic N) is 2. The average Bonchev–Trinajstić information content (AvgIpc) is 2.59. The molecule has 2 aliphatic rings. The molecule has 0 atom stereocenters. The largest absolute Gasteiger partial charge is 0.377 e. The molecule has 0 aromatic heterocycles. The van der Waals surface area contributed by atoms with Crippen LogP contribution < -0.4 is 10.6 Å². The molecule has 132 valence electrons. The molecule has 0 saturated carbocycles. The highest BCUT2D eigenvalue weighted by atomic mass is 16.5. The lowest BCUT2D eigenvalue weighted by atomic mass is 9.99. The van der Waals surface area contributed by atoms with Crippen molar-refractivity contribution in [2.24, 2.45) is 10.9 Å². The Kier molecular flexibility index (Phi) is 8.47. The molecular weight excluding hydrogens is 288 g/mol. The first kappa shape index (κ1) is 18.3. The molecular formula is C18H34N4O. The molecule has 2 rings (SSSR count). The van der Waals surface area contributed by atoms with E-state index in [1.54, 1.807) is 0 Å². The fraction of sp³-hybridized carbons (Fsp3) is 0.833. The van der Waals surface area contributed by atoms with E-state index in [-0.39, 0.29) is 0 Å². The topological polar surface area (TPSA) is 48.9 Å². The number of aliphatic imine (C=N–C) groups is 1. The van der Waals surface area contributed by atoms with E-state index in [2.05, 4.69) is 33.5 Å². The molecule has 2 N–H and O–H groups in total. The number of nitrogens with one attached hydrogen (secondary N) is 2. The van der Waals surface area contributed by atoms with Crippen LogP contribution in [0.2, 0.25) is 0 Å². The minimum Gasteiger partial charge on any atom is -0.377 e. The van der Waals surface area contributed by atoms with Crippen molar-refractivity contribution in [3.8, 4) is 0 Å². The van der Waals surface area contributed by atoms with E-state index in [9.17, 15) is 0 Å². The van der Waals surface area contributed by atoms with Gasteiger partial charge in [-0.05, 0) is 57.7 Å². The van der Waals surface area contributed by atoms with Gasteiger partial charge in [0.1, 0.15) is 0 Å². The molecule has 0 amide bonds. The van der Waals surface area contributed by atoms with E-state index < -0.39 is 0 Å². The summed E-state index contributed by atoms with van der Waals surface area (Å²) in [6.45, 7) is 9.68. The molecule has 2 heterocycles. The second-order valence-corrected chi connectivity index (χ2v) is 6.74. The van der Waals surface area contributed by atoms with Gasteiger partial charge < -0.3 is 20.3 Å². The van der Waals surface area contributed by atoms with Crippen molar-refractivity contribution in [2.45, 2.75) is 39.0 Å². The van der Waals surface area contributed by atoms with Crippen LogP contribution in [-0.4, -0.2) is 63.8 Å². The van der Waals surface area contributed by atoms with Gasteiger partial charge in [-0.25, -0.2) is 0 Å². The van der Waals surface area contributed by atoms with E-state index >= 15 is 0 Å². The van der Waals surface area contributed by atoms with Gasteiger partial charge in [-0.15, -0.1) is 0 Å². The van der Waals surface area contributed by atoms with Crippen LogP contribution in [0, 0.1) is 5.92 Å². The van der Waals surface area contributed by atoms with Crippen LogP contribution in [0.4, 0.5) is 0 Å². The number of guanidine groups is 1. The van der Waals surface area contributed by atoms with Gasteiger partial charge in [-0.3, -0.25) is 4.99 Å². The number of hydrogen-bond donors (Lipinski definition) is 2. The minimum atomic E-state index is 0.775. The first-order valence-electron chi connectivity index (χ1n) is 9.20. The SMILES string of the molecule is CN=C(NCCCN1CCC(C)CC1)NCCC1=CCOCC1. The highest BCUT2D eigenvalue weighted by Crippen LogP contribution is 2.15. The number of rotatable bonds is 7. The predicted molar refractivity (Wildman–Crippen MR) is 97.0 cm³/mol. The van der Waals surface area contributed by atoms with Gasteiger partial charge in [-0.2, -0.15) is 0 Å². The Balaban J connectivity index is 1.52. The van der Waals surface area contributed by atoms with Gasteiger partial charge >= 0.3 is 0 Å². The zero-order valence-electron chi connectivity index (χ0n) is 14.9. The second kappa shape index (κ2) is 10.7. The lowest BCUT2D eigenvalue weighted by Gasteiger charge is -2.30. The normalized spacial score (nSPS) is 21.1. The zero-order valence-corrected chi connectivity index (χ0v) is 14.9. The summed E-state index contributed by atoms with van der Waals surface area (Å²) in [6.07, 6.45) is 8.26. The third-order valence-corrected chi connectivity index (χ3v) is 4.84. The first-order chi connectivity index (χ1) is 11.3. The van der Waals surface area contributed by atoms with Crippen LogP contribution in [0.1, 0.15) is 39.0 Å². The maximum atomic E-state index is 5.33. The zero-order chi connectivity index (χ0) is 16.3. The summed E-state index contributed by atoms with van der Waals surface area (Å²) in [4.78, 5) is 6.89. The summed E-state index contributed by atoms with van der Waals surface area (Å²) in [5.74, 6) is 1.84. The van der Waals surface area contributed by atoms with E-state index in [1.165, 1.54) is 44.5 Å². The second-order valence-electron chi connectivity index (χ2n) is 6.74. The lowest BCUT2D eigenvalue weighted by Crippen LogP contribution is -2.40. The summed E-state index contributed by atoms with van der Waals surface area (Å²) < 4.78 is 5.33. The summed E-state index contributed by atoms with van der Waals surface area (Å²) in [5, 5.41) is 6.83. The van der Waals surface area contributed by atoms with Gasteiger partial charge in [0.15, 0.2) is 5.96 Å². The lowest BCUT2D eigenvalue weighted by molar-refractivity contribution is 0.153. The van der Waals surface area contributed by atoms with Crippen LogP contribution in [0.3, 0.4) is 0 Å². The number of hydrogen-bond acceptors (Lipinski definition) is 3. The Morgan fingerprint density at radius 3 is 2.78 bits per heavy atom. The van der Waals surface area contributed by atoms with Crippen molar-refractivity contribution in [2.75, 3.05) is 53.0 Å². The van der Waals surface area contributed by atoms with Gasteiger partial charge in [0.2, 0.25) is 0 Å². The molecule has 5 heteroatoms. The molecule has 1 fully saturated rings. The first-order valence-corrected chi connectivity index (χ1v) is 9.20. The van der Waals surface area contributed by atoms with Crippen LogP contribution in [0.15, 0.2) is 16.6 Å². The van der Waals surface area contributed by atoms with E-state index in [1.807, 2.05) is 7.05 Å². The molecule has 23 heavy (non-hydrogen) atoms. The fourth-order valence-corrected chi connectivity index (χ4v) is 3.15.